The van der Waals surface area contributed by atoms with E-state index in [1.807, 2.05) is 109 Å². The molecule has 64 heavy (non-hydrogen) atoms. The molecular formula is C54H58O8P2. The van der Waals surface area contributed by atoms with E-state index >= 15 is 0 Å². The van der Waals surface area contributed by atoms with E-state index in [9.17, 15) is 9.13 Å². The third-order valence-electron chi connectivity index (χ3n) is 10.3. The van der Waals surface area contributed by atoms with Crippen LogP contribution >= 0.6 is 15.6 Å². The SMILES string of the molecule is CC(C)(c1ccccc1)c1ccccc1OP(=O)(Oc1ccccc1)Oc1ccccc1.CCCCCCCCCc1ccccc1OP(=O)(Oc1ccccc1)Oc1ccccc1. The Morgan fingerprint density at radius 3 is 1.17 bits per heavy atom. The zero-order chi connectivity index (χ0) is 44.9. The van der Waals surface area contributed by atoms with Gasteiger partial charge >= 0.3 is 15.6 Å². The molecule has 0 atom stereocenters. The summed E-state index contributed by atoms with van der Waals surface area (Å²) in [6.07, 6.45) is 9.53. The number of para-hydroxylation sites is 6. The number of phosphoric ester groups is 2. The van der Waals surface area contributed by atoms with E-state index in [0.717, 1.165) is 29.5 Å². The number of unbranched alkanes of at least 4 members (excludes halogenated alkanes) is 6. The maximum absolute atomic E-state index is 13.9. The molecular weight excluding hydrogens is 839 g/mol. The van der Waals surface area contributed by atoms with E-state index in [1.165, 1.54) is 38.5 Å². The summed E-state index contributed by atoms with van der Waals surface area (Å²) in [4.78, 5) is 0. The van der Waals surface area contributed by atoms with E-state index in [1.54, 1.807) is 78.9 Å². The van der Waals surface area contributed by atoms with Crippen molar-refractivity contribution in [3.63, 3.8) is 0 Å². The van der Waals surface area contributed by atoms with Gasteiger partial charge in [0, 0.05) is 11.0 Å². The van der Waals surface area contributed by atoms with Crippen molar-refractivity contribution in [3.05, 3.63) is 217 Å². The standard InChI is InChI=1S/C27H25O4P.C27H33O4P/c1-27(2,22-14-6-3-7-15-22)25-20-12-13-21-26(25)31-32(28,29-23-16-8-4-9-17-23)30-24-18-10-5-11-19-24;1-2-3-4-5-6-7-10-17-24-18-15-16-23-27(24)31-32(28,29-25-19-11-8-12-20-25)30-26-21-13-9-14-22-26/h3-21H,1-2H3;8-9,11-16,18-23H,2-7,10,17H2,1H3. The molecule has 0 fully saturated rings. The molecule has 0 saturated carbocycles. The van der Waals surface area contributed by atoms with E-state index in [-0.39, 0.29) is 0 Å². The summed E-state index contributed by atoms with van der Waals surface area (Å²) < 4.78 is 62.7. The number of hydrogen-bond donors (Lipinski definition) is 0. The molecule has 0 amide bonds. The molecule has 7 aromatic rings. The molecule has 0 aromatic heterocycles. The second kappa shape index (κ2) is 24.0. The molecule has 0 heterocycles. The van der Waals surface area contributed by atoms with Crippen LogP contribution in [0.5, 0.6) is 34.5 Å². The highest BCUT2D eigenvalue weighted by atomic mass is 31.2. The molecule has 0 aliphatic carbocycles. The maximum atomic E-state index is 13.9. The Morgan fingerprint density at radius 2 is 0.719 bits per heavy atom. The van der Waals surface area contributed by atoms with Crippen molar-refractivity contribution in [1.29, 1.82) is 0 Å². The lowest BCUT2D eigenvalue weighted by atomic mass is 9.78. The average molecular weight is 897 g/mol. The molecule has 0 saturated heterocycles. The molecule has 7 rings (SSSR count). The van der Waals surface area contributed by atoms with Crippen LogP contribution in [0, 0.1) is 0 Å². The summed E-state index contributed by atoms with van der Waals surface area (Å²) in [5, 5.41) is 0. The van der Waals surface area contributed by atoms with E-state index in [0.29, 0.717) is 34.5 Å². The summed E-state index contributed by atoms with van der Waals surface area (Å²) >= 11 is 0. The van der Waals surface area contributed by atoms with Crippen molar-refractivity contribution in [3.8, 4) is 34.5 Å². The summed E-state index contributed by atoms with van der Waals surface area (Å²) in [7, 11) is -8.04. The van der Waals surface area contributed by atoms with Crippen LogP contribution in [0.4, 0.5) is 0 Å². The lowest BCUT2D eigenvalue weighted by molar-refractivity contribution is 0.295. The van der Waals surface area contributed by atoms with Crippen LogP contribution in [0.15, 0.2) is 200 Å². The molecule has 0 unspecified atom stereocenters. The maximum Gasteiger partial charge on any atom is 0.647 e. The van der Waals surface area contributed by atoms with Gasteiger partial charge in [0.25, 0.3) is 0 Å². The van der Waals surface area contributed by atoms with Gasteiger partial charge in [-0.15, -0.1) is 0 Å². The number of phosphoric acid groups is 2. The first-order chi connectivity index (χ1) is 31.1. The Labute approximate surface area is 379 Å². The van der Waals surface area contributed by atoms with Gasteiger partial charge in [-0.05, 0) is 84.6 Å². The minimum Gasteiger partial charge on any atom is -0.386 e. The second-order valence-corrected chi connectivity index (χ2v) is 18.5. The van der Waals surface area contributed by atoms with Crippen molar-refractivity contribution in [1.82, 2.24) is 0 Å². The first-order valence-electron chi connectivity index (χ1n) is 22.0. The fourth-order valence-corrected chi connectivity index (χ4v) is 9.50. The van der Waals surface area contributed by atoms with Gasteiger partial charge in [0.1, 0.15) is 34.5 Å². The summed E-state index contributed by atoms with van der Waals surface area (Å²) in [5.74, 6) is 2.62. The number of benzene rings is 7. The molecule has 0 radical (unpaired) electrons. The van der Waals surface area contributed by atoms with Crippen molar-refractivity contribution < 1.29 is 36.3 Å². The number of hydrogen-bond acceptors (Lipinski definition) is 8. The fourth-order valence-electron chi connectivity index (χ4n) is 6.94. The monoisotopic (exact) mass is 896 g/mol. The van der Waals surface area contributed by atoms with Crippen molar-refractivity contribution >= 4 is 15.6 Å². The fraction of sp³-hybridized carbons (Fsp3) is 0.222. The first kappa shape index (κ1) is 47.3. The number of aryl methyl sites for hydroxylation is 1. The largest absolute Gasteiger partial charge is 0.647 e. The normalized spacial score (nSPS) is 11.4. The molecule has 10 heteroatoms. The van der Waals surface area contributed by atoms with Gasteiger partial charge in [0.05, 0.1) is 0 Å². The first-order valence-corrected chi connectivity index (χ1v) is 24.9. The minimum atomic E-state index is -4.07. The Bertz CT molecular complexity index is 2410. The number of rotatable bonds is 22. The minimum absolute atomic E-state index is 0.395. The van der Waals surface area contributed by atoms with E-state index < -0.39 is 21.1 Å². The van der Waals surface area contributed by atoms with Gasteiger partial charge in [-0.25, -0.2) is 0 Å². The summed E-state index contributed by atoms with van der Waals surface area (Å²) in [6, 6.07) is 61.0. The lowest BCUT2D eigenvalue weighted by Crippen LogP contribution is -2.20. The van der Waals surface area contributed by atoms with Crippen LogP contribution in [0.2, 0.25) is 0 Å². The van der Waals surface area contributed by atoms with Crippen LogP contribution in [0.3, 0.4) is 0 Å². The van der Waals surface area contributed by atoms with Gasteiger partial charge in [-0.2, -0.15) is 9.13 Å². The van der Waals surface area contributed by atoms with Gasteiger partial charge in [-0.3, -0.25) is 0 Å². The van der Waals surface area contributed by atoms with Gasteiger partial charge in [-0.1, -0.05) is 199 Å². The third-order valence-corrected chi connectivity index (χ3v) is 12.9. The third kappa shape index (κ3) is 14.7. The van der Waals surface area contributed by atoms with Gasteiger partial charge in [0.2, 0.25) is 0 Å². The van der Waals surface area contributed by atoms with Crippen LogP contribution in [0.25, 0.3) is 0 Å². The molecule has 0 bridgehead atoms. The van der Waals surface area contributed by atoms with Crippen molar-refractivity contribution in [2.75, 3.05) is 0 Å². The molecule has 0 N–H and O–H groups in total. The van der Waals surface area contributed by atoms with E-state index in [4.69, 9.17) is 27.1 Å². The Morgan fingerprint density at radius 1 is 0.375 bits per heavy atom. The second-order valence-electron chi connectivity index (χ2n) is 15.7. The average Bonchev–Trinajstić information content (AvgIpc) is 3.31. The Hall–Kier alpha value is -6.20. The topological polar surface area (TPSA) is 89.5 Å². The smallest absolute Gasteiger partial charge is 0.386 e. The molecule has 0 spiro atoms. The Kier molecular flexibility index (Phi) is 17.7. The van der Waals surface area contributed by atoms with Crippen LogP contribution < -0.4 is 27.1 Å². The van der Waals surface area contributed by atoms with Crippen molar-refractivity contribution in [2.24, 2.45) is 0 Å². The quantitative estimate of drug-likeness (QED) is 0.0491. The predicted molar refractivity (Wildman–Crippen MR) is 258 cm³/mol. The Balaban J connectivity index is 0.000000213. The van der Waals surface area contributed by atoms with Crippen molar-refractivity contribution in [2.45, 2.75) is 77.6 Å². The molecule has 7 aromatic carbocycles. The highest BCUT2D eigenvalue weighted by molar-refractivity contribution is 7.50. The summed E-state index contributed by atoms with van der Waals surface area (Å²) in [5.41, 5.74) is 2.59. The highest BCUT2D eigenvalue weighted by Gasteiger charge is 2.37. The highest BCUT2D eigenvalue weighted by Crippen LogP contribution is 2.53. The predicted octanol–water partition coefficient (Wildman–Crippen LogP) is 16.3. The molecule has 0 aliphatic heterocycles. The van der Waals surface area contributed by atoms with Gasteiger partial charge < -0.3 is 27.1 Å². The zero-order valence-corrected chi connectivity index (χ0v) is 38.7. The zero-order valence-electron chi connectivity index (χ0n) is 36.9. The molecule has 332 valence electrons. The molecule has 8 nitrogen and oxygen atoms in total. The lowest BCUT2D eigenvalue weighted by Gasteiger charge is -2.29. The van der Waals surface area contributed by atoms with Crippen LogP contribution in [-0.2, 0) is 21.0 Å². The van der Waals surface area contributed by atoms with Gasteiger partial charge in [0.15, 0.2) is 0 Å². The van der Waals surface area contributed by atoms with Crippen LogP contribution in [-0.4, -0.2) is 0 Å². The molecule has 0 aliphatic rings. The van der Waals surface area contributed by atoms with Crippen LogP contribution in [0.1, 0.15) is 82.4 Å². The summed E-state index contributed by atoms with van der Waals surface area (Å²) in [6.45, 7) is 6.44. The van der Waals surface area contributed by atoms with E-state index in [2.05, 4.69) is 32.9 Å².